The molecule has 2 unspecified atom stereocenters. The van der Waals surface area contributed by atoms with Crippen molar-refractivity contribution in [3.05, 3.63) is 34.9 Å². The number of nitrogens with zero attached hydrogens (tertiary/aromatic N) is 1. The monoisotopic (exact) mass is 281 g/mol. The summed E-state index contributed by atoms with van der Waals surface area (Å²) in [6.07, 6.45) is 1.15. The Morgan fingerprint density at radius 3 is 3.05 bits per heavy atom. The first-order valence-electron chi connectivity index (χ1n) is 6.73. The van der Waals surface area contributed by atoms with Crippen LogP contribution in [0.3, 0.4) is 0 Å². The molecule has 1 fully saturated rings. The van der Waals surface area contributed by atoms with Crippen LogP contribution in [-0.4, -0.2) is 42.5 Å². The van der Waals surface area contributed by atoms with E-state index in [2.05, 4.69) is 11.8 Å². The van der Waals surface area contributed by atoms with E-state index in [0.717, 1.165) is 26.1 Å². The quantitative estimate of drug-likeness (QED) is 0.798. The third-order valence-electron chi connectivity index (χ3n) is 3.52. The van der Waals surface area contributed by atoms with Gasteiger partial charge < -0.3 is 4.74 Å². The van der Waals surface area contributed by atoms with Gasteiger partial charge in [0.2, 0.25) is 0 Å². The molecule has 1 heterocycles. The molecule has 1 aliphatic rings. The van der Waals surface area contributed by atoms with Crippen molar-refractivity contribution >= 4 is 17.4 Å². The SMILES string of the molecule is CC1CN(C(C)C(=O)c2cccc(Cl)c2)CCCO1. The normalized spacial score (nSPS) is 22.8. The van der Waals surface area contributed by atoms with Gasteiger partial charge in [0.1, 0.15) is 0 Å². The summed E-state index contributed by atoms with van der Waals surface area (Å²) >= 11 is 5.94. The Balaban J connectivity index is 2.09. The Hall–Kier alpha value is -0.900. The number of ether oxygens (including phenoxy) is 1. The number of Topliss-reactive ketones (excluding diaryl/α,β-unsaturated/α-hetero) is 1. The van der Waals surface area contributed by atoms with Crippen molar-refractivity contribution in [3.63, 3.8) is 0 Å². The van der Waals surface area contributed by atoms with Crippen molar-refractivity contribution < 1.29 is 9.53 Å². The van der Waals surface area contributed by atoms with Crippen molar-refractivity contribution in [3.8, 4) is 0 Å². The van der Waals surface area contributed by atoms with E-state index in [0.29, 0.717) is 10.6 Å². The van der Waals surface area contributed by atoms with Gasteiger partial charge >= 0.3 is 0 Å². The minimum atomic E-state index is -0.136. The zero-order chi connectivity index (χ0) is 13.8. The molecule has 0 aromatic heterocycles. The Bertz CT molecular complexity index is 450. The fraction of sp³-hybridized carbons (Fsp3) is 0.533. The summed E-state index contributed by atoms with van der Waals surface area (Å²) in [4.78, 5) is 14.7. The zero-order valence-electron chi connectivity index (χ0n) is 11.4. The maximum absolute atomic E-state index is 12.5. The summed E-state index contributed by atoms with van der Waals surface area (Å²) in [5.41, 5.74) is 0.679. The number of hydrogen-bond acceptors (Lipinski definition) is 3. The van der Waals surface area contributed by atoms with Gasteiger partial charge in [0.25, 0.3) is 0 Å². The lowest BCUT2D eigenvalue weighted by Crippen LogP contribution is -2.42. The summed E-state index contributed by atoms with van der Waals surface area (Å²) in [7, 11) is 0. The van der Waals surface area contributed by atoms with Gasteiger partial charge in [-0.2, -0.15) is 0 Å². The highest BCUT2D eigenvalue weighted by molar-refractivity contribution is 6.31. The van der Waals surface area contributed by atoms with Crippen LogP contribution < -0.4 is 0 Å². The molecule has 0 saturated carbocycles. The molecule has 104 valence electrons. The Morgan fingerprint density at radius 1 is 1.53 bits per heavy atom. The number of halogens is 1. The van der Waals surface area contributed by atoms with Crippen LogP contribution in [0.4, 0.5) is 0 Å². The van der Waals surface area contributed by atoms with E-state index >= 15 is 0 Å². The molecule has 2 atom stereocenters. The highest BCUT2D eigenvalue weighted by atomic mass is 35.5. The van der Waals surface area contributed by atoms with Crippen LogP contribution in [0.5, 0.6) is 0 Å². The first kappa shape index (κ1) is 14.5. The van der Waals surface area contributed by atoms with Crippen LogP contribution in [0, 0.1) is 0 Å². The van der Waals surface area contributed by atoms with Crippen LogP contribution >= 0.6 is 11.6 Å². The van der Waals surface area contributed by atoms with Crippen LogP contribution in [0.25, 0.3) is 0 Å². The predicted molar refractivity (Wildman–Crippen MR) is 76.8 cm³/mol. The van der Waals surface area contributed by atoms with Gasteiger partial charge in [-0.15, -0.1) is 0 Å². The lowest BCUT2D eigenvalue weighted by Gasteiger charge is -2.27. The van der Waals surface area contributed by atoms with E-state index in [4.69, 9.17) is 16.3 Å². The maximum atomic E-state index is 12.5. The molecular formula is C15H20ClNO2. The molecule has 0 bridgehead atoms. The van der Waals surface area contributed by atoms with Crippen LogP contribution in [0.15, 0.2) is 24.3 Å². The highest BCUT2D eigenvalue weighted by Crippen LogP contribution is 2.16. The maximum Gasteiger partial charge on any atom is 0.179 e. The van der Waals surface area contributed by atoms with Crippen molar-refractivity contribution in [2.75, 3.05) is 19.7 Å². The molecule has 0 aliphatic carbocycles. The van der Waals surface area contributed by atoms with Gasteiger partial charge in [0, 0.05) is 30.3 Å². The van der Waals surface area contributed by atoms with Crippen molar-refractivity contribution in [1.82, 2.24) is 4.90 Å². The second-order valence-corrected chi connectivity index (χ2v) is 5.52. The lowest BCUT2D eigenvalue weighted by atomic mass is 10.0. The van der Waals surface area contributed by atoms with Gasteiger partial charge in [0.15, 0.2) is 5.78 Å². The third kappa shape index (κ3) is 3.78. The van der Waals surface area contributed by atoms with E-state index in [1.807, 2.05) is 19.1 Å². The molecule has 0 amide bonds. The van der Waals surface area contributed by atoms with Crippen molar-refractivity contribution in [2.45, 2.75) is 32.4 Å². The number of benzene rings is 1. The molecule has 4 heteroatoms. The molecule has 1 aromatic rings. The average Bonchev–Trinajstić information content (AvgIpc) is 2.61. The van der Waals surface area contributed by atoms with Gasteiger partial charge in [0.05, 0.1) is 12.1 Å². The van der Waals surface area contributed by atoms with E-state index in [9.17, 15) is 4.79 Å². The van der Waals surface area contributed by atoms with E-state index < -0.39 is 0 Å². The first-order valence-corrected chi connectivity index (χ1v) is 7.11. The molecule has 0 radical (unpaired) electrons. The number of ketones is 1. The van der Waals surface area contributed by atoms with Crippen LogP contribution in [-0.2, 0) is 4.74 Å². The summed E-state index contributed by atoms with van der Waals surface area (Å²) in [5, 5.41) is 0.602. The Morgan fingerprint density at radius 2 is 2.32 bits per heavy atom. The Labute approximate surface area is 119 Å². The zero-order valence-corrected chi connectivity index (χ0v) is 12.2. The topological polar surface area (TPSA) is 29.5 Å². The fourth-order valence-electron chi connectivity index (χ4n) is 2.43. The molecule has 1 aliphatic heterocycles. The van der Waals surface area contributed by atoms with Gasteiger partial charge in [-0.3, -0.25) is 9.69 Å². The number of carbonyl (C=O) groups is 1. The summed E-state index contributed by atoms with van der Waals surface area (Å²) in [6, 6.07) is 7.02. The molecule has 3 nitrogen and oxygen atoms in total. The number of rotatable bonds is 3. The second kappa shape index (κ2) is 6.51. The fourth-order valence-corrected chi connectivity index (χ4v) is 2.62. The molecule has 1 saturated heterocycles. The van der Waals surface area contributed by atoms with Gasteiger partial charge in [-0.05, 0) is 32.4 Å². The van der Waals surface area contributed by atoms with Crippen molar-refractivity contribution in [1.29, 1.82) is 0 Å². The smallest absolute Gasteiger partial charge is 0.179 e. The van der Waals surface area contributed by atoms with Crippen molar-refractivity contribution in [2.24, 2.45) is 0 Å². The Kier molecular flexibility index (Phi) is 4.97. The molecule has 0 spiro atoms. The van der Waals surface area contributed by atoms with Crippen LogP contribution in [0.2, 0.25) is 5.02 Å². The summed E-state index contributed by atoms with van der Waals surface area (Å²) < 4.78 is 5.61. The minimum Gasteiger partial charge on any atom is -0.377 e. The summed E-state index contributed by atoms with van der Waals surface area (Å²) in [6.45, 7) is 6.48. The van der Waals surface area contributed by atoms with Gasteiger partial charge in [-0.25, -0.2) is 0 Å². The molecule has 2 rings (SSSR count). The van der Waals surface area contributed by atoms with Gasteiger partial charge in [-0.1, -0.05) is 23.7 Å². The van der Waals surface area contributed by atoms with Crippen LogP contribution in [0.1, 0.15) is 30.6 Å². The first-order chi connectivity index (χ1) is 9.08. The lowest BCUT2D eigenvalue weighted by molar-refractivity contribution is 0.0581. The molecular weight excluding hydrogens is 262 g/mol. The summed E-state index contributed by atoms with van der Waals surface area (Å²) in [5.74, 6) is 0.122. The third-order valence-corrected chi connectivity index (χ3v) is 3.76. The van der Waals surface area contributed by atoms with E-state index in [1.54, 1.807) is 12.1 Å². The number of carbonyl (C=O) groups excluding carboxylic acids is 1. The molecule has 0 N–H and O–H groups in total. The van der Waals surface area contributed by atoms with E-state index in [-0.39, 0.29) is 17.9 Å². The second-order valence-electron chi connectivity index (χ2n) is 5.08. The number of hydrogen-bond donors (Lipinski definition) is 0. The standard InChI is InChI=1S/C15H20ClNO2/c1-11-10-17(7-4-8-19-11)12(2)15(18)13-5-3-6-14(16)9-13/h3,5-6,9,11-12H,4,7-8,10H2,1-2H3. The highest BCUT2D eigenvalue weighted by Gasteiger charge is 2.25. The largest absolute Gasteiger partial charge is 0.377 e. The molecule has 1 aromatic carbocycles. The minimum absolute atomic E-state index is 0.122. The predicted octanol–water partition coefficient (Wildman–Crippen LogP) is 3.02. The average molecular weight is 282 g/mol. The van der Waals surface area contributed by atoms with E-state index in [1.165, 1.54) is 0 Å². The molecule has 19 heavy (non-hydrogen) atoms.